The highest BCUT2D eigenvalue weighted by Crippen LogP contribution is 2.24. The zero-order valence-corrected chi connectivity index (χ0v) is 25.0. The summed E-state index contributed by atoms with van der Waals surface area (Å²) in [5.74, 6) is -1.79. The number of rotatable bonds is 15. The number of ether oxygens (including phenoxy) is 2. The number of carbonyl (C=O) groups is 4. The van der Waals surface area contributed by atoms with Gasteiger partial charge in [0.05, 0.1) is 26.0 Å². The van der Waals surface area contributed by atoms with Gasteiger partial charge in [-0.1, -0.05) is 32.6 Å². The first-order chi connectivity index (χ1) is 18.2. The Labute approximate surface area is 233 Å². The predicted molar refractivity (Wildman–Crippen MR) is 147 cm³/mol. The van der Waals surface area contributed by atoms with E-state index < -0.39 is 52.5 Å². The van der Waals surface area contributed by atoms with Crippen LogP contribution in [0.15, 0.2) is 0 Å². The zero-order chi connectivity index (χ0) is 29.6. The number of nitrogens with two attached hydrogens (primary N) is 1. The Morgan fingerprint density at radius 1 is 1.05 bits per heavy atom. The van der Waals surface area contributed by atoms with Crippen LogP contribution in [0.3, 0.4) is 0 Å². The minimum Gasteiger partial charge on any atom is -0.468 e. The summed E-state index contributed by atoms with van der Waals surface area (Å²) in [6.07, 6.45) is 5.82. The van der Waals surface area contributed by atoms with Crippen molar-refractivity contribution in [3.05, 3.63) is 0 Å². The predicted octanol–water partition coefficient (Wildman–Crippen LogP) is 2.16. The molecule has 1 aliphatic rings. The molecule has 0 spiro atoms. The first-order valence-electron chi connectivity index (χ1n) is 13.8. The standard InChI is InChI=1S/C26H48N4O8S/c1-6-7-17-39(35,36)28-21(24(33)37-5)19-30(23(32)18-27)22(31)12-10-8-9-11-20-13-15-29(16-14-20)25(34)38-26(2,3)4/h20-21,28H,6-19,27H2,1-5H3/t21-/m0/s1. The second-order valence-electron chi connectivity index (χ2n) is 11.0. The molecule has 1 saturated heterocycles. The van der Waals surface area contributed by atoms with Crippen LogP contribution in [-0.4, -0.2) is 92.8 Å². The number of unbranched alkanes of at least 4 members (excludes halogenated alkanes) is 3. The fraction of sp³-hybridized carbons (Fsp3) is 0.846. The SMILES string of the molecule is CCCCS(=O)(=O)N[C@@H](CN(C(=O)CN)C(=O)CCCCCC1CCN(C(=O)OC(C)(C)C)CC1)C(=O)OC. The molecule has 1 heterocycles. The smallest absolute Gasteiger partial charge is 0.410 e. The van der Waals surface area contributed by atoms with Crippen molar-refractivity contribution in [1.82, 2.24) is 14.5 Å². The van der Waals surface area contributed by atoms with Gasteiger partial charge in [0.2, 0.25) is 21.8 Å². The quantitative estimate of drug-likeness (QED) is 0.219. The molecule has 0 aliphatic carbocycles. The van der Waals surface area contributed by atoms with Crippen LogP contribution < -0.4 is 10.5 Å². The molecule has 226 valence electrons. The lowest BCUT2D eigenvalue weighted by Crippen LogP contribution is -2.53. The normalized spacial score (nSPS) is 15.5. The number of sulfonamides is 1. The average molecular weight is 577 g/mol. The van der Waals surface area contributed by atoms with E-state index in [9.17, 15) is 27.6 Å². The number of piperidine rings is 1. The summed E-state index contributed by atoms with van der Waals surface area (Å²) in [5.41, 5.74) is 4.96. The van der Waals surface area contributed by atoms with E-state index in [2.05, 4.69) is 4.72 Å². The van der Waals surface area contributed by atoms with Crippen LogP contribution in [0.2, 0.25) is 0 Å². The van der Waals surface area contributed by atoms with Gasteiger partial charge < -0.3 is 20.1 Å². The summed E-state index contributed by atoms with van der Waals surface area (Å²) in [5, 5.41) is 0. The van der Waals surface area contributed by atoms with Gasteiger partial charge in [0.25, 0.3) is 0 Å². The summed E-state index contributed by atoms with van der Waals surface area (Å²) < 4.78 is 37.1. The minimum absolute atomic E-state index is 0.0688. The maximum atomic E-state index is 12.9. The van der Waals surface area contributed by atoms with E-state index in [4.69, 9.17) is 15.2 Å². The summed E-state index contributed by atoms with van der Waals surface area (Å²) in [4.78, 5) is 52.3. The molecule has 3 amide bonds. The van der Waals surface area contributed by atoms with Crippen LogP contribution in [-0.2, 0) is 33.9 Å². The van der Waals surface area contributed by atoms with Crippen molar-refractivity contribution in [3.63, 3.8) is 0 Å². The zero-order valence-electron chi connectivity index (χ0n) is 24.2. The fourth-order valence-electron chi connectivity index (χ4n) is 4.30. The van der Waals surface area contributed by atoms with Gasteiger partial charge in [-0.25, -0.2) is 13.2 Å². The number of hydrogen-bond donors (Lipinski definition) is 2. The lowest BCUT2D eigenvalue weighted by molar-refractivity contribution is -0.147. The van der Waals surface area contributed by atoms with E-state index in [0.29, 0.717) is 38.3 Å². The lowest BCUT2D eigenvalue weighted by atomic mass is 9.91. The number of hydrogen-bond acceptors (Lipinski definition) is 9. The minimum atomic E-state index is -3.81. The lowest BCUT2D eigenvalue weighted by Gasteiger charge is -2.33. The first kappa shape index (κ1) is 34.8. The molecule has 0 bridgehead atoms. The molecule has 39 heavy (non-hydrogen) atoms. The topological polar surface area (TPSA) is 165 Å². The number of amides is 3. The van der Waals surface area contributed by atoms with E-state index in [1.807, 2.05) is 27.7 Å². The Bertz CT molecular complexity index is 911. The van der Waals surface area contributed by atoms with E-state index in [1.165, 1.54) is 0 Å². The van der Waals surface area contributed by atoms with Gasteiger partial charge in [0.15, 0.2) is 0 Å². The number of esters is 1. The van der Waals surface area contributed by atoms with Crippen molar-refractivity contribution in [3.8, 4) is 0 Å². The molecule has 0 aromatic rings. The Kier molecular flexibility index (Phi) is 14.9. The highest BCUT2D eigenvalue weighted by molar-refractivity contribution is 7.89. The first-order valence-corrected chi connectivity index (χ1v) is 15.5. The van der Waals surface area contributed by atoms with Gasteiger partial charge in [-0.2, -0.15) is 4.72 Å². The summed E-state index contributed by atoms with van der Waals surface area (Å²) in [6.45, 7) is 7.77. The van der Waals surface area contributed by atoms with Gasteiger partial charge in [-0.05, 0) is 52.4 Å². The summed E-state index contributed by atoms with van der Waals surface area (Å²) in [6, 6.07) is -1.41. The number of nitrogens with one attached hydrogen (secondary N) is 1. The van der Waals surface area contributed by atoms with Crippen molar-refractivity contribution in [2.45, 2.75) is 97.1 Å². The van der Waals surface area contributed by atoms with E-state index in [1.54, 1.807) is 4.90 Å². The van der Waals surface area contributed by atoms with Gasteiger partial charge in [0.1, 0.15) is 11.6 Å². The van der Waals surface area contributed by atoms with Crippen LogP contribution in [0, 0.1) is 5.92 Å². The molecule has 1 fully saturated rings. The Balaban J connectivity index is 2.55. The second-order valence-corrected chi connectivity index (χ2v) is 12.9. The van der Waals surface area contributed by atoms with Crippen molar-refractivity contribution in [2.24, 2.45) is 11.7 Å². The van der Waals surface area contributed by atoms with Gasteiger partial charge >= 0.3 is 12.1 Å². The second kappa shape index (κ2) is 16.8. The molecule has 1 rings (SSSR count). The van der Waals surface area contributed by atoms with Crippen molar-refractivity contribution in [2.75, 3.05) is 39.0 Å². The molecule has 0 unspecified atom stereocenters. The molecule has 3 N–H and O–H groups in total. The molecule has 12 nitrogen and oxygen atoms in total. The molecule has 1 aliphatic heterocycles. The highest BCUT2D eigenvalue weighted by atomic mass is 32.2. The molecular weight excluding hydrogens is 528 g/mol. The van der Waals surface area contributed by atoms with Gasteiger partial charge in [0, 0.05) is 19.5 Å². The van der Waals surface area contributed by atoms with E-state index in [0.717, 1.165) is 44.1 Å². The summed E-state index contributed by atoms with van der Waals surface area (Å²) >= 11 is 0. The fourth-order valence-corrected chi connectivity index (χ4v) is 5.69. The van der Waals surface area contributed by atoms with Crippen LogP contribution >= 0.6 is 0 Å². The van der Waals surface area contributed by atoms with Crippen LogP contribution in [0.1, 0.15) is 85.5 Å². The Morgan fingerprint density at radius 3 is 2.23 bits per heavy atom. The molecule has 0 aromatic carbocycles. The van der Waals surface area contributed by atoms with Crippen molar-refractivity contribution >= 4 is 33.9 Å². The maximum absolute atomic E-state index is 12.9. The third-order valence-electron chi connectivity index (χ3n) is 6.49. The van der Waals surface area contributed by atoms with E-state index >= 15 is 0 Å². The number of methoxy groups -OCH3 is 1. The molecule has 0 radical (unpaired) electrons. The Hall–Kier alpha value is -2.25. The van der Waals surface area contributed by atoms with Crippen LogP contribution in [0.5, 0.6) is 0 Å². The third-order valence-corrected chi connectivity index (χ3v) is 7.96. The van der Waals surface area contributed by atoms with Gasteiger partial charge in [-0.3, -0.25) is 19.3 Å². The number of likely N-dealkylation sites (tertiary alicyclic amines) is 1. The largest absolute Gasteiger partial charge is 0.468 e. The van der Waals surface area contributed by atoms with Gasteiger partial charge in [-0.15, -0.1) is 0 Å². The molecule has 13 heteroatoms. The van der Waals surface area contributed by atoms with Crippen molar-refractivity contribution in [1.29, 1.82) is 0 Å². The maximum Gasteiger partial charge on any atom is 0.410 e. The monoisotopic (exact) mass is 576 g/mol. The van der Waals surface area contributed by atoms with Crippen LogP contribution in [0.25, 0.3) is 0 Å². The van der Waals surface area contributed by atoms with Crippen molar-refractivity contribution < 1.29 is 37.1 Å². The highest BCUT2D eigenvalue weighted by Gasteiger charge is 2.32. The number of carbonyl (C=O) groups excluding carboxylic acids is 4. The molecule has 0 saturated carbocycles. The summed E-state index contributed by atoms with van der Waals surface area (Å²) in [7, 11) is -2.71. The van der Waals surface area contributed by atoms with E-state index in [-0.39, 0.29) is 18.3 Å². The number of imide groups is 1. The molecule has 1 atom stereocenters. The number of nitrogens with zero attached hydrogens (tertiary/aromatic N) is 2. The third kappa shape index (κ3) is 13.6. The average Bonchev–Trinajstić information content (AvgIpc) is 2.87. The van der Waals surface area contributed by atoms with Crippen LogP contribution in [0.4, 0.5) is 4.79 Å². The Morgan fingerprint density at radius 2 is 1.69 bits per heavy atom. The molecular formula is C26H48N4O8S. The molecule has 0 aromatic heterocycles.